The van der Waals surface area contributed by atoms with E-state index < -0.39 is 15.9 Å². The molecule has 7 heteroatoms. The van der Waals surface area contributed by atoms with Gasteiger partial charge in [0.1, 0.15) is 5.75 Å². The fraction of sp³-hybridized carbons (Fsp3) is 0.316. The Balaban J connectivity index is 2.09. The first-order valence-electron chi connectivity index (χ1n) is 8.16. The van der Waals surface area contributed by atoms with Gasteiger partial charge in [-0.25, -0.2) is 13.1 Å². The number of benzene rings is 2. The maximum atomic E-state index is 12.5. The van der Waals surface area contributed by atoms with Crippen LogP contribution in [0.3, 0.4) is 0 Å². The molecule has 2 aromatic rings. The molecule has 2 N–H and O–H groups in total. The Morgan fingerprint density at radius 3 is 2.15 bits per heavy atom. The number of carbonyl (C=O) groups excluding carboxylic acids is 1. The molecule has 0 aliphatic carbocycles. The quantitative estimate of drug-likeness (QED) is 0.812. The first-order chi connectivity index (χ1) is 12.1. The third-order valence-corrected chi connectivity index (χ3v) is 5.60. The monoisotopic (exact) mass is 376 g/mol. The van der Waals surface area contributed by atoms with Crippen LogP contribution in [0.5, 0.6) is 5.75 Å². The van der Waals surface area contributed by atoms with E-state index in [0.29, 0.717) is 17.0 Å². The molecule has 2 rings (SSSR count). The van der Waals surface area contributed by atoms with Crippen molar-refractivity contribution in [3.8, 4) is 5.75 Å². The second kappa shape index (κ2) is 7.88. The Morgan fingerprint density at radius 2 is 1.62 bits per heavy atom. The predicted molar refractivity (Wildman–Crippen MR) is 102 cm³/mol. The van der Waals surface area contributed by atoms with Crippen LogP contribution in [0.25, 0.3) is 0 Å². The molecule has 0 aliphatic rings. The van der Waals surface area contributed by atoms with Crippen molar-refractivity contribution in [3.63, 3.8) is 0 Å². The van der Waals surface area contributed by atoms with Gasteiger partial charge in [-0.05, 0) is 62.6 Å². The van der Waals surface area contributed by atoms with E-state index in [9.17, 15) is 13.2 Å². The molecular formula is C19H24N2O4S. The Hall–Kier alpha value is -2.38. The molecule has 0 aliphatic heterocycles. The van der Waals surface area contributed by atoms with Crippen LogP contribution in [0.2, 0.25) is 0 Å². The third kappa shape index (κ3) is 4.62. The molecule has 140 valence electrons. The number of aryl methyl sites for hydroxylation is 4. The Kier molecular flexibility index (Phi) is 6.05. The van der Waals surface area contributed by atoms with E-state index in [1.54, 1.807) is 19.1 Å². The molecule has 0 saturated carbocycles. The smallest absolute Gasteiger partial charge is 0.241 e. The number of carbonyl (C=O) groups is 1. The van der Waals surface area contributed by atoms with Crippen molar-refractivity contribution in [2.75, 3.05) is 19.0 Å². The highest BCUT2D eigenvalue weighted by molar-refractivity contribution is 7.89. The van der Waals surface area contributed by atoms with Crippen molar-refractivity contribution in [2.45, 2.75) is 32.6 Å². The second-order valence-electron chi connectivity index (χ2n) is 6.28. The van der Waals surface area contributed by atoms with Gasteiger partial charge in [0, 0.05) is 5.69 Å². The molecule has 0 bridgehead atoms. The Bertz CT molecular complexity index is 914. The van der Waals surface area contributed by atoms with Crippen LogP contribution < -0.4 is 14.8 Å². The summed E-state index contributed by atoms with van der Waals surface area (Å²) in [4.78, 5) is 12.3. The maximum Gasteiger partial charge on any atom is 0.241 e. The summed E-state index contributed by atoms with van der Waals surface area (Å²) >= 11 is 0. The van der Waals surface area contributed by atoms with Crippen molar-refractivity contribution < 1.29 is 17.9 Å². The van der Waals surface area contributed by atoms with Crippen molar-refractivity contribution in [3.05, 3.63) is 52.6 Å². The van der Waals surface area contributed by atoms with E-state index in [-0.39, 0.29) is 11.4 Å². The van der Waals surface area contributed by atoms with E-state index in [4.69, 9.17) is 4.74 Å². The number of sulfonamides is 1. The topological polar surface area (TPSA) is 84.5 Å². The van der Waals surface area contributed by atoms with Gasteiger partial charge in [-0.1, -0.05) is 17.7 Å². The van der Waals surface area contributed by atoms with Crippen LogP contribution >= 0.6 is 0 Å². The first-order valence-corrected chi connectivity index (χ1v) is 9.64. The van der Waals surface area contributed by atoms with E-state index in [0.717, 1.165) is 16.7 Å². The standard InChI is InChI=1S/C19H24N2O4S/c1-12-8-14(3)19(15(4)9-12)21-18(22)11-20-26(23,24)17-7-6-16(25-5)10-13(17)2/h6-10,20H,11H2,1-5H3,(H,21,22). The molecule has 0 unspecified atom stereocenters. The summed E-state index contributed by atoms with van der Waals surface area (Å²) in [6.45, 7) is 7.12. The summed E-state index contributed by atoms with van der Waals surface area (Å²) in [6.07, 6.45) is 0. The molecule has 0 spiro atoms. The maximum absolute atomic E-state index is 12.5. The van der Waals surface area contributed by atoms with Crippen LogP contribution in [0.4, 0.5) is 5.69 Å². The summed E-state index contributed by atoms with van der Waals surface area (Å²) in [5.41, 5.74) is 4.23. The highest BCUT2D eigenvalue weighted by atomic mass is 32.2. The molecule has 0 radical (unpaired) electrons. The van der Waals surface area contributed by atoms with Gasteiger partial charge < -0.3 is 10.1 Å². The van der Waals surface area contributed by atoms with Crippen LogP contribution in [-0.4, -0.2) is 28.0 Å². The number of rotatable bonds is 6. The molecule has 0 aromatic heterocycles. The lowest BCUT2D eigenvalue weighted by atomic mass is 10.1. The van der Waals surface area contributed by atoms with Crippen LogP contribution in [0, 0.1) is 27.7 Å². The molecule has 0 saturated heterocycles. The lowest BCUT2D eigenvalue weighted by Crippen LogP contribution is -2.33. The van der Waals surface area contributed by atoms with Crippen molar-refractivity contribution in [1.29, 1.82) is 0 Å². The van der Waals surface area contributed by atoms with Gasteiger partial charge in [-0.3, -0.25) is 4.79 Å². The fourth-order valence-corrected chi connectivity index (χ4v) is 4.06. The van der Waals surface area contributed by atoms with E-state index in [1.807, 2.05) is 32.9 Å². The first kappa shape index (κ1) is 19.9. The van der Waals surface area contributed by atoms with Crippen molar-refractivity contribution >= 4 is 21.6 Å². The fourth-order valence-electron chi connectivity index (χ4n) is 2.85. The zero-order valence-electron chi connectivity index (χ0n) is 15.6. The van der Waals surface area contributed by atoms with Crippen LogP contribution in [0.15, 0.2) is 35.2 Å². The van der Waals surface area contributed by atoms with Crippen LogP contribution in [0.1, 0.15) is 22.3 Å². The van der Waals surface area contributed by atoms with E-state index in [2.05, 4.69) is 10.0 Å². The number of hydrogen-bond acceptors (Lipinski definition) is 4. The number of hydrogen-bond donors (Lipinski definition) is 2. The molecular weight excluding hydrogens is 352 g/mol. The average Bonchev–Trinajstić information content (AvgIpc) is 2.56. The summed E-state index contributed by atoms with van der Waals surface area (Å²) < 4.78 is 32.3. The largest absolute Gasteiger partial charge is 0.497 e. The predicted octanol–water partition coefficient (Wildman–Crippen LogP) is 2.85. The minimum atomic E-state index is -3.80. The third-order valence-electron chi connectivity index (χ3n) is 4.04. The van der Waals surface area contributed by atoms with Gasteiger partial charge in [-0.15, -0.1) is 0 Å². The second-order valence-corrected chi connectivity index (χ2v) is 8.01. The number of nitrogens with one attached hydrogen (secondary N) is 2. The molecule has 2 aromatic carbocycles. The van der Waals surface area contributed by atoms with Gasteiger partial charge in [0.25, 0.3) is 0 Å². The summed E-state index contributed by atoms with van der Waals surface area (Å²) in [6, 6.07) is 8.60. The SMILES string of the molecule is COc1ccc(S(=O)(=O)NCC(=O)Nc2c(C)cc(C)cc2C)c(C)c1. The van der Waals surface area contributed by atoms with E-state index in [1.165, 1.54) is 13.2 Å². The number of methoxy groups -OCH3 is 1. The summed E-state index contributed by atoms with van der Waals surface area (Å²) in [5.74, 6) is 0.152. The van der Waals surface area contributed by atoms with E-state index >= 15 is 0 Å². The van der Waals surface area contributed by atoms with Gasteiger partial charge >= 0.3 is 0 Å². The van der Waals surface area contributed by atoms with Gasteiger partial charge in [0.2, 0.25) is 15.9 Å². The zero-order valence-corrected chi connectivity index (χ0v) is 16.5. The number of ether oxygens (including phenoxy) is 1. The Morgan fingerprint density at radius 1 is 1.00 bits per heavy atom. The van der Waals surface area contributed by atoms with Crippen molar-refractivity contribution in [1.82, 2.24) is 4.72 Å². The van der Waals surface area contributed by atoms with Gasteiger partial charge in [-0.2, -0.15) is 0 Å². The minimum absolute atomic E-state index is 0.119. The molecule has 0 fully saturated rings. The molecule has 0 heterocycles. The van der Waals surface area contributed by atoms with Crippen LogP contribution in [-0.2, 0) is 14.8 Å². The normalized spacial score (nSPS) is 11.3. The van der Waals surface area contributed by atoms with Gasteiger partial charge in [0.15, 0.2) is 0 Å². The summed E-state index contributed by atoms with van der Waals surface area (Å²) in [7, 11) is -2.28. The minimum Gasteiger partial charge on any atom is -0.497 e. The highest BCUT2D eigenvalue weighted by Gasteiger charge is 2.19. The summed E-state index contributed by atoms with van der Waals surface area (Å²) in [5, 5.41) is 2.78. The Labute approximate surface area is 154 Å². The van der Waals surface area contributed by atoms with Crippen molar-refractivity contribution in [2.24, 2.45) is 0 Å². The average molecular weight is 376 g/mol. The molecule has 6 nitrogen and oxygen atoms in total. The lowest BCUT2D eigenvalue weighted by molar-refractivity contribution is -0.115. The van der Waals surface area contributed by atoms with Gasteiger partial charge in [0.05, 0.1) is 18.6 Å². The lowest BCUT2D eigenvalue weighted by Gasteiger charge is -2.14. The molecule has 1 amide bonds. The number of anilines is 1. The molecule has 0 atom stereocenters. The molecule has 26 heavy (non-hydrogen) atoms. The highest BCUT2D eigenvalue weighted by Crippen LogP contribution is 2.22. The zero-order chi connectivity index (χ0) is 19.5. The number of amides is 1.